The number of benzene rings is 1. The smallest absolute Gasteiger partial charge is 0.0782 e. The topological polar surface area (TPSA) is 32.3 Å². The van der Waals surface area contributed by atoms with Crippen LogP contribution < -0.4 is 5.32 Å². The maximum atomic E-state index is 9.54. The van der Waals surface area contributed by atoms with Crippen LogP contribution in [0.1, 0.15) is 30.6 Å². The van der Waals surface area contributed by atoms with Gasteiger partial charge in [-0.05, 0) is 25.3 Å². The van der Waals surface area contributed by atoms with Gasteiger partial charge < -0.3 is 10.4 Å². The minimum atomic E-state index is -0.374. The Morgan fingerprint density at radius 1 is 1.46 bits per heavy atom. The van der Waals surface area contributed by atoms with Crippen molar-refractivity contribution in [1.29, 1.82) is 0 Å². The Morgan fingerprint density at radius 3 is 3.08 bits per heavy atom. The van der Waals surface area contributed by atoms with Gasteiger partial charge in [0.05, 0.1) is 6.10 Å². The molecule has 0 spiro atoms. The zero-order valence-electron chi connectivity index (χ0n) is 7.88. The summed E-state index contributed by atoms with van der Waals surface area (Å²) in [7, 11) is 0. The number of nitrogens with one attached hydrogen (secondary N) is 1. The third-order valence-electron chi connectivity index (χ3n) is 2.56. The van der Waals surface area contributed by atoms with Gasteiger partial charge in [-0.2, -0.15) is 0 Å². The summed E-state index contributed by atoms with van der Waals surface area (Å²) >= 11 is 0. The Hall–Kier alpha value is -1.02. The Kier molecular flexibility index (Phi) is 2.23. The van der Waals surface area contributed by atoms with E-state index < -0.39 is 0 Å². The van der Waals surface area contributed by atoms with Gasteiger partial charge in [0.1, 0.15) is 0 Å². The van der Waals surface area contributed by atoms with Gasteiger partial charge in [-0.25, -0.2) is 0 Å². The summed E-state index contributed by atoms with van der Waals surface area (Å²) in [5, 5.41) is 12.9. The summed E-state index contributed by atoms with van der Waals surface area (Å²) in [5.74, 6) is 0. The number of anilines is 1. The Labute approximate surface area is 78.6 Å². The van der Waals surface area contributed by atoms with E-state index in [2.05, 4.69) is 11.4 Å². The van der Waals surface area contributed by atoms with E-state index in [9.17, 15) is 5.11 Å². The molecule has 0 fully saturated rings. The average Bonchev–Trinajstić information content (AvgIpc) is 2.17. The first kappa shape index (κ1) is 8.57. The number of aliphatic hydroxyl groups excluding tert-OH is 1. The van der Waals surface area contributed by atoms with Gasteiger partial charge in [0.25, 0.3) is 0 Å². The molecule has 1 heterocycles. The molecule has 0 saturated carbocycles. The second kappa shape index (κ2) is 3.38. The molecule has 0 aromatic heterocycles. The molecule has 1 atom stereocenters. The number of para-hydroxylation sites is 1. The quantitative estimate of drug-likeness (QED) is 0.688. The van der Waals surface area contributed by atoms with Gasteiger partial charge >= 0.3 is 0 Å². The molecule has 1 aliphatic rings. The normalized spacial score (nSPS) is 17.4. The van der Waals surface area contributed by atoms with Crippen LogP contribution in [0.3, 0.4) is 0 Å². The number of fused-ring (bicyclic) bond motifs is 1. The van der Waals surface area contributed by atoms with Crippen molar-refractivity contribution in [3.05, 3.63) is 29.3 Å². The monoisotopic (exact) mass is 177 g/mol. The number of hydrogen-bond acceptors (Lipinski definition) is 2. The summed E-state index contributed by atoms with van der Waals surface area (Å²) in [6.45, 7) is 2.84. The van der Waals surface area contributed by atoms with Gasteiger partial charge in [0, 0.05) is 17.8 Å². The van der Waals surface area contributed by atoms with Crippen molar-refractivity contribution in [1.82, 2.24) is 0 Å². The molecule has 1 aromatic carbocycles. The third kappa shape index (κ3) is 1.54. The molecule has 0 unspecified atom stereocenters. The van der Waals surface area contributed by atoms with E-state index in [-0.39, 0.29) is 6.10 Å². The van der Waals surface area contributed by atoms with Crippen LogP contribution in [0.4, 0.5) is 5.69 Å². The lowest BCUT2D eigenvalue weighted by Gasteiger charge is -2.22. The van der Waals surface area contributed by atoms with Crippen LogP contribution in [-0.4, -0.2) is 11.7 Å². The van der Waals surface area contributed by atoms with E-state index in [0.29, 0.717) is 0 Å². The van der Waals surface area contributed by atoms with Gasteiger partial charge in [0.2, 0.25) is 0 Å². The summed E-state index contributed by atoms with van der Waals surface area (Å²) in [6.07, 6.45) is 1.94. The fraction of sp³-hybridized carbons (Fsp3) is 0.455. The zero-order chi connectivity index (χ0) is 9.26. The molecule has 0 aliphatic carbocycles. The molecular formula is C11H15NO. The van der Waals surface area contributed by atoms with Crippen LogP contribution in [0.2, 0.25) is 0 Å². The molecule has 0 radical (unpaired) electrons. The van der Waals surface area contributed by atoms with Crippen molar-refractivity contribution in [2.24, 2.45) is 0 Å². The first-order valence-electron chi connectivity index (χ1n) is 4.83. The SMILES string of the molecule is C[C@H](O)c1cccc2c1NCCC2. The maximum Gasteiger partial charge on any atom is 0.0782 e. The number of aliphatic hydroxyl groups is 1. The van der Waals surface area contributed by atoms with Crippen LogP contribution in [0.15, 0.2) is 18.2 Å². The van der Waals surface area contributed by atoms with Crippen LogP contribution in [-0.2, 0) is 6.42 Å². The van der Waals surface area contributed by atoms with Gasteiger partial charge in [-0.3, -0.25) is 0 Å². The van der Waals surface area contributed by atoms with Crippen LogP contribution >= 0.6 is 0 Å². The van der Waals surface area contributed by atoms with E-state index in [1.165, 1.54) is 12.0 Å². The molecule has 13 heavy (non-hydrogen) atoms. The van der Waals surface area contributed by atoms with Crippen molar-refractivity contribution >= 4 is 5.69 Å². The van der Waals surface area contributed by atoms with Crippen molar-refractivity contribution in [3.63, 3.8) is 0 Å². The minimum Gasteiger partial charge on any atom is -0.389 e. The summed E-state index contributed by atoms with van der Waals surface area (Å²) in [4.78, 5) is 0. The maximum absolute atomic E-state index is 9.54. The summed E-state index contributed by atoms with van der Waals surface area (Å²) < 4.78 is 0. The van der Waals surface area contributed by atoms with Gasteiger partial charge in [0.15, 0.2) is 0 Å². The second-order valence-electron chi connectivity index (χ2n) is 3.59. The molecular weight excluding hydrogens is 162 g/mol. The fourth-order valence-corrected chi connectivity index (χ4v) is 1.88. The lowest BCUT2D eigenvalue weighted by molar-refractivity contribution is 0.200. The molecule has 2 heteroatoms. The molecule has 0 amide bonds. The summed E-state index contributed by atoms with van der Waals surface area (Å²) in [5.41, 5.74) is 3.52. The van der Waals surface area contributed by atoms with Gasteiger partial charge in [-0.1, -0.05) is 18.2 Å². The molecule has 0 bridgehead atoms. The van der Waals surface area contributed by atoms with Crippen molar-refractivity contribution < 1.29 is 5.11 Å². The molecule has 2 N–H and O–H groups in total. The van der Waals surface area contributed by atoms with E-state index in [4.69, 9.17) is 0 Å². The molecule has 1 aliphatic heterocycles. The van der Waals surface area contributed by atoms with Crippen LogP contribution in [0, 0.1) is 0 Å². The molecule has 2 nitrogen and oxygen atoms in total. The lowest BCUT2D eigenvalue weighted by atomic mass is 9.97. The Morgan fingerprint density at radius 2 is 2.31 bits per heavy atom. The van der Waals surface area contributed by atoms with Crippen molar-refractivity contribution in [2.45, 2.75) is 25.9 Å². The highest BCUT2D eigenvalue weighted by atomic mass is 16.3. The zero-order valence-corrected chi connectivity index (χ0v) is 7.88. The fourth-order valence-electron chi connectivity index (χ4n) is 1.88. The largest absolute Gasteiger partial charge is 0.389 e. The van der Waals surface area contributed by atoms with Gasteiger partial charge in [-0.15, -0.1) is 0 Å². The highest BCUT2D eigenvalue weighted by molar-refractivity contribution is 5.59. The summed E-state index contributed by atoms with van der Waals surface area (Å²) in [6, 6.07) is 6.14. The standard InChI is InChI=1S/C11H15NO/c1-8(13)10-6-2-4-9-5-3-7-12-11(9)10/h2,4,6,8,12-13H,3,5,7H2,1H3/t8-/m0/s1. The molecule has 70 valence electrons. The van der Waals surface area contributed by atoms with E-state index in [1.807, 2.05) is 19.1 Å². The third-order valence-corrected chi connectivity index (χ3v) is 2.56. The van der Waals surface area contributed by atoms with Crippen LogP contribution in [0.5, 0.6) is 0 Å². The van der Waals surface area contributed by atoms with Crippen LogP contribution in [0.25, 0.3) is 0 Å². The Balaban J connectivity index is 2.46. The van der Waals surface area contributed by atoms with E-state index >= 15 is 0 Å². The first-order chi connectivity index (χ1) is 6.29. The Bertz CT molecular complexity index is 307. The van der Waals surface area contributed by atoms with E-state index in [0.717, 1.165) is 24.2 Å². The number of rotatable bonds is 1. The number of aryl methyl sites for hydroxylation is 1. The highest BCUT2D eigenvalue weighted by Gasteiger charge is 2.14. The predicted molar refractivity (Wildman–Crippen MR) is 53.9 cm³/mol. The molecule has 2 rings (SSSR count). The number of hydrogen-bond donors (Lipinski definition) is 2. The molecule has 0 saturated heterocycles. The highest BCUT2D eigenvalue weighted by Crippen LogP contribution is 2.29. The molecule has 1 aromatic rings. The minimum absolute atomic E-state index is 0.374. The van der Waals surface area contributed by atoms with E-state index in [1.54, 1.807) is 0 Å². The second-order valence-corrected chi connectivity index (χ2v) is 3.59. The average molecular weight is 177 g/mol. The lowest BCUT2D eigenvalue weighted by Crippen LogP contribution is -2.14. The van der Waals surface area contributed by atoms with Crippen molar-refractivity contribution in [3.8, 4) is 0 Å². The predicted octanol–water partition coefficient (Wildman–Crippen LogP) is 2.10. The van der Waals surface area contributed by atoms with Crippen molar-refractivity contribution in [2.75, 3.05) is 11.9 Å². The first-order valence-corrected chi connectivity index (χ1v) is 4.83.